The van der Waals surface area contributed by atoms with Crippen LogP contribution in [0.3, 0.4) is 0 Å². The molecule has 0 unspecified atom stereocenters. The molecule has 100 valence electrons. The van der Waals surface area contributed by atoms with Crippen LogP contribution in [0.25, 0.3) is 11.4 Å². The Labute approximate surface area is 127 Å². The number of nitrogens with zero attached hydrogens (tertiary/aromatic N) is 2. The van der Waals surface area contributed by atoms with E-state index in [-0.39, 0.29) is 0 Å². The van der Waals surface area contributed by atoms with Gasteiger partial charge in [0.15, 0.2) is 5.15 Å². The maximum Gasteiger partial charge on any atom is 0.311 e. The molecule has 0 fully saturated rings. The van der Waals surface area contributed by atoms with Gasteiger partial charge in [0.1, 0.15) is 5.69 Å². The Balaban J connectivity index is 2.32. The van der Waals surface area contributed by atoms with Gasteiger partial charge in [-0.3, -0.25) is 0 Å². The lowest BCUT2D eigenvalue weighted by molar-refractivity contribution is -0.672. The van der Waals surface area contributed by atoms with Crippen molar-refractivity contribution in [3.8, 4) is 11.4 Å². The molecule has 2 nitrogen and oxygen atoms in total. The molecule has 1 aromatic heterocycles. The number of hydrogen-bond donors (Lipinski definition) is 0. The van der Waals surface area contributed by atoms with Crippen LogP contribution in [0.15, 0.2) is 60.7 Å². The van der Waals surface area contributed by atoms with Gasteiger partial charge in [0, 0.05) is 12.1 Å². The lowest BCUT2D eigenvalue weighted by Gasteiger charge is -2.03. The first-order valence-corrected chi connectivity index (χ1v) is 7.05. The van der Waals surface area contributed by atoms with Gasteiger partial charge in [-0.1, -0.05) is 52.7 Å². The summed E-state index contributed by atoms with van der Waals surface area (Å²) in [5.74, 6) is 0. The van der Waals surface area contributed by atoms with Crippen LogP contribution in [0.4, 0.5) is 0 Å². The van der Waals surface area contributed by atoms with Crippen LogP contribution in [0.5, 0.6) is 0 Å². The van der Waals surface area contributed by atoms with E-state index in [9.17, 15) is 0 Å². The standard InChI is InChI=1S/C16H13Cl2N2/c1-12-15(17)19(13-8-4-2-5-9-13)20(16(12)18)14-10-6-3-7-11-14/h2-11H,1H3/q+1. The van der Waals surface area contributed by atoms with E-state index in [1.54, 1.807) is 0 Å². The molecule has 0 atom stereocenters. The van der Waals surface area contributed by atoms with Crippen LogP contribution in [0.1, 0.15) is 5.56 Å². The summed E-state index contributed by atoms with van der Waals surface area (Å²) in [6.45, 7) is 1.92. The van der Waals surface area contributed by atoms with Crippen molar-refractivity contribution in [3.05, 3.63) is 76.5 Å². The van der Waals surface area contributed by atoms with E-state index < -0.39 is 0 Å². The predicted octanol–water partition coefficient (Wildman–Crippen LogP) is 4.37. The molecule has 3 rings (SSSR count). The third-order valence-electron chi connectivity index (χ3n) is 3.19. The highest BCUT2D eigenvalue weighted by atomic mass is 35.5. The van der Waals surface area contributed by atoms with Gasteiger partial charge in [-0.25, -0.2) is 0 Å². The van der Waals surface area contributed by atoms with Gasteiger partial charge in [0.2, 0.25) is 5.69 Å². The molecule has 0 aliphatic rings. The highest BCUT2D eigenvalue weighted by Crippen LogP contribution is 2.26. The zero-order valence-corrected chi connectivity index (χ0v) is 12.4. The van der Waals surface area contributed by atoms with Gasteiger partial charge in [-0.15, -0.1) is 4.68 Å². The number of aromatic nitrogens is 2. The summed E-state index contributed by atoms with van der Waals surface area (Å²) in [5.41, 5.74) is 2.80. The summed E-state index contributed by atoms with van der Waals surface area (Å²) in [5, 5.41) is 1.23. The molecule has 0 N–H and O–H groups in total. The molecule has 0 spiro atoms. The molecule has 3 aromatic rings. The molecule has 20 heavy (non-hydrogen) atoms. The van der Waals surface area contributed by atoms with E-state index in [2.05, 4.69) is 0 Å². The topological polar surface area (TPSA) is 8.81 Å². The normalized spacial score (nSPS) is 10.8. The van der Waals surface area contributed by atoms with Crippen molar-refractivity contribution in [2.45, 2.75) is 6.92 Å². The molecular weight excluding hydrogens is 291 g/mol. The lowest BCUT2D eigenvalue weighted by Crippen LogP contribution is -2.40. The highest BCUT2D eigenvalue weighted by molar-refractivity contribution is 6.34. The van der Waals surface area contributed by atoms with Crippen LogP contribution in [-0.4, -0.2) is 4.68 Å². The van der Waals surface area contributed by atoms with E-state index in [1.165, 1.54) is 0 Å². The largest absolute Gasteiger partial charge is 0.311 e. The fourth-order valence-corrected chi connectivity index (χ4v) is 2.75. The number of rotatable bonds is 2. The maximum absolute atomic E-state index is 6.46. The summed E-state index contributed by atoms with van der Waals surface area (Å²) in [6, 6.07) is 19.9. The van der Waals surface area contributed by atoms with Gasteiger partial charge in [0.05, 0.1) is 5.56 Å². The quantitative estimate of drug-likeness (QED) is 0.622. The summed E-state index contributed by atoms with van der Waals surface area (Å²) < 4.78 is 3.82. The fourth-order valence-electron chi connectivity index (χ4n) is 2.17. The van der Waals surface area contributed by atoms with E-state index in [0.29, 0.717) is 10.3 Å². The summed E-state index contributed by atoms with van der Waals surface area (Å²) in [4.78, 5) is 0. The maximum atomic E-state index is 6.46. The molecule has 0 aliphatic heterocycles. The molecular formula is C16H13Cl2N2+. The Bertz CT molecular complexity index is 671. The number of halogens is 2. The van der Waals surface area contributed by atoms with Crippen molar-refractivity contribution in [2.24, 2.45) is 0 Å². The molecule has 0 saturated carbocycles. The second-order valence-electron chi connectivity index (χ2n) is 4.50. The minimum Gasteiger partial charge on any atom is -0.102 e. The fraction of sp³-hybridized carbons (Fsp3) is 0.0625. The average Bonchev–Trinajstić information content (AvgIpc) is 2.73. The van der Waals surface area contributed by atoms with Crippen LogP contribution >= 0.6 is 23.2 Å². The summed E-state index contributed by atoms with van der Waals surface area (Å²) >= 11 is 12.9. The van der Waals surface area contributed by atoms with Gasteiger partial charge in [-0.05, 0) is 30.7 Å². The molecule has 0 bridgehead atoms. The Morgan fingerprint density at radius 3 is 2.00 bits per heavy atom. The van der Waals surface area contributed by atoms with Crippen molar-refractivity contribution in [3.63, 3.8) is 0 Å². The first-order chi connectivity index (χ1) is 9.70. The molecule has 0 radical (unpaired) electrons. The first kappa shape index (κ1) is 13.2. The van der Waals surface area contributed by atoms with Gasteiger partial charge >= 0.3 is 5.15 Å². The molecule has 1 heterocycles. The highest BCUT2D eigenvalue weighted by Gasteiger charge is 2.28. The van der Waals surface area contributed by atoms with E-state index >= 15 is 0 Å². The van der Waals surface area contributed by atoms with E-state index in [4.69, 9.17) is 23.2 Å². The molecule has 4 heteroatoms. The minimum absolute atomic E-state index is 0.616. The SMILES string of the molecule is Cc1c(Cl)n(-c2ccccc2)[n+](-c2ccccc2)c1Cl. The Kier molecular flexibility index (Phi) is 3.51. The second-order valence-corrected chi connectivity index (χ2v) is 5.22. The minimum atomic E-state index is 0.616. The number of hydrogen-bond acceptors (Lipinski definition) is 0. The monoisotopic (exact) mass is 303 g/mol. The van der Waals surface area contributed by atoms with Crippen molar-refractivity contribution in [1.29, 1.82) is 0 Å². The molecule has 0 amide bonds. The van der Waals surface area contributed by atoms with Crippen LogP contribution in [0.2, 0.25) is 10.3 Å². The van der Waals surface area contributed by atoms with Crippen molar-refractivity contribution in [2.75, 3.05) is 0 Å². The van der Waals surface area contributed by atoms with E-state index in [1.807, 2.05) is 77.0 Å². The zero-order valence-electron chi connectivity index (χ0n) is 10.9. The summed E-state index contributed by atoms with van der Waals surface area (Å²) in [6.07, 6.45) is 0. The van der Waals surface area contributed by atoms with Crippen molar-refractivity contribution < 1.29 is 4.68 Å². The van der Waals surface area contributed by atoms with Crippen LogP contribution < -0.4 is 4.68 Å². The Morgan fingerprint density at radius 1 is 0.850 bits per heavy atom. The second kappa shape index (κ2) is 5.31. The van der Waals surface area contributed by atoms with Crippen LogP contribution in [0, 0.1) is 6.92 Å². The Morgan fingerprint density at radius 2 is 1.40 bits per heavy atom. The van der Waals surface area contributed by atoms with Gasteiger partial charge in [0.25, 0.3) is 0 Å². The molecule has 0 saturated heterocycles. The van der Waals surface area contributed by atoms with Gasteiger partial charge < -0.3 is 0 Å². The average molecular weight is 304 g/mol. The van der Waals surface area contributed by atoms with Crippen LogP contribution in [-0.2, 0) is 0 Å². The molecule has 2 aromatic carbocycles. The number of benzene rings is 2. The predicted molar refractivity (Wildman–Crippen MR) is 82.1 cm³/mol. The lowest BCUT2D eigenvalue weighted by atomic mass is 10.3. The molecule has 0 aliphatic carbocycles. The smallest absolute Gasteiger partial charge is 0.102 e. The first-order valence-electron chi connectivity index (χ1n) is 6.29. The van der Waals surface area contributed by atoms with Crippen molar-refractivity contribution in [1.82, 2.24) is 4.68 Å². The van der Waals surface area contributed by atoms with Gasteiger partial charge in [-0.2, -0.15) is 0 Å². The third kappa shape index (κ3) is 2.11. The third-order valence-corrected chi connectivity index (χ3v) is 4.08. The zero-order chi connectivity index (χ0) is 14.1. The van der Waals surface area contributed by atoms with Crippen molar-refractivity contribution >= 4 is 23.2 Å². The summed E-state index contributed by atoms with van der Waals surface area (Å²) in [7, 11) is 0. The van der Waals surface area contributed by atoms with E-state index in [0.717, 1.165) is 16.9 Å². The number of para-hydroxylation sites is 2. The Hall–Kier alpha value is -1.77.